The summed E-state index contributed by atoms with van der Waals surface area (Å²) in [5.41, 5.74) is 5.00. The van der Waals surface area contributed by atoms with Gasteiger partial charge in [-0.2, -0.15) is 0 Å². The van der Waals surface area contributed by atoms with E-state index in [-0.39, 0.29) is 0 Å². The van der Waals surface area contributed by atoms with Crippen molar-refractivity contribution in [3.8, 4) is 11.1 Å². The Morgan fingerprint density at radius 2 is 1.67 bits per heavy atom. The molecule has 0 bridgehead atoms. The van der Waals surface area contributed by atoms with Gasteiger partial charge in [0, 0.05) is 0 Å². The topological polar surface area (TPSA) is 37.3 Å². The lowest BCUT2D eigenvalue weighted by Gasteiger charge is -2.17. The van der Waals surface area contributed by atoms with Gasteiger partial charge in [0.1, 0.15) is 0 Å². The predicted octanol–water partition coefficient (Wildman–Crippen LogP) is 5.30. The fraction of sp³-hybridized carbons (Fsp3) is 0.316. The van der Waals surface area contributed by atoms with Crippen LogP contribution in [0.1, 0.15) is 61.0 Å². The van der Waals surface area contributed by atoms with E-state index >= 15 is 0 Å². The molecule has 2 rings (SSSR count). The van der Waals surface area contributed by atoms with Crippen LogP contribution in [0.4, 0.5) is 0 Å². The Morgan fingerprint density at radius 3 is 2.24 bits per heavy atom. The SMILES string of the molecule is CC(C)c1ccc(-c2cccc(C(=O)O)c2)c(C(C)C)c1. The molecule has 0 fully saturated rings. The first-order valence-electron chi connectivity index (χ1n) is 7.37. The molecule has 2 aromatic carbocycles. The fourth-order valence-electron chi connectivity index (χ4n) is 2.50. The van der Waals surface area contributed by atoms with E-state index in [1.54, 1.807) is 18.2 Å². The zero-order valence-electron chi connectivity index (χ0n) is 13.1. The number of carboxylic acids is 1. The van der Waals surface area contributed by atoms with Crippen LogP contribution in [0, 0.1) is 0 Å². The fourth-order valence-corrected chi connectivity index (χ4v) is 2.50. The third kappa shape index (κ3) is 3.33. The van der Waals surface area contributed by atoms with E-state index in [0.717, 1.165) is 11.1 Å². The highest BCUT2D eigenvalue weighted by atomic mass is 16.4. The molecule has 0 radical (unpaired) electrons. The first-order valence-corrected chi connectivity index (χ1v) is 7.37. The largest absolute Gasteiger partial charge is 0.478 e. The summed E-state index contributed by atoms with van der Waals surface area (Å²) in [5, 5.41) is 9.15. The number of benzene rings is 2. The van der Waals surface area contributed by atoms with Crippen molar-refractivity contribution in [2.75, 3.05) is 0 Å². The van der Waals surface area contributed by atoms with Gasteiger partial charge < -0.3 is 5.11 Å². The van der Waals surface area contributed by atoms with Crippen molar-refractivity contribution in [1.29, 1.82) is 0 Å². The molecule has 0 aromatic heterocycles. The molecule has 2 nitrogen and oxygen atoms in total. The van der Waals surface area contributed by atoms with Gasteiger partial charge in [-0.15, -0.1) is 0 Å². The Kier molecular flexibility index (Phi) is 4.46. The van der Waals surface area contributed by atoms with Crippen LogP contribution in [0.15, 0.2) is 42.5 Å². The molecule has 21 heavy (non-hydrogen) atoms. The number of rotatable bonds is 4. The molecule has 0 aliphatic heterocycles. The maximum atomic E-state index is 11.1. The van der Waals surface area contributed by atoms with Crippen LogP contribution < -0.4 is 0 Å². The highest BCUT2D eigenvalue weighted by Crippen LogP contribution is 2.32. The zero-order valence-corrected chi connectivity index (χ0v) is 13.1. The average molecular weight is 282 g/mol. The number of hydrogen-bond donors (Lipinski definition) is 1. The molecule has 2 heteroatoms. The highest BCUT2D eigenvalue weighted by molar-refractivity contribution is 5.89. The highest BCUT2D eigenvalue weighted by Gasteiger charge is 2.12. The molecule has 0 unspecified atom stereocenters. The van der Waals surface area contributed by atoms with Crippen LogP contribution in [0.3, 0.4) is 0 Å². The van der Waals surface area contributed by atoms with Gasteiger partial charge >= 0.3 is 5.97 Å². The third-order valence-electron chi connectivity index (χ3n) is 3.78. The van der Waals surface area contributed by atoms with Crippen molar-refractivity contribution in [2.24, 2.45) is 0 Å². The predicted molar refractivity (Wildman–Crippen MR) is 87.0 cm³/mol. The van der Waals surface area contributed by atoms with Gasteiger partial charge in [0.15, 0.2) is 0 Å². The van der Waals surface area contributed by atoms with E-state index in [0.29, 0.717) is 17.4 Å². The molecule has 0 spiro atoms. The molecule has 110 valence electrons. The van der Waals surface area contributed by atoms with Crippen LogP contribution >= 0.6 is 0 Å². The molecule has 0 saturated heterocycles. The van der Waals surface area contributed by atoms with E-state index in [9.17, 15) is 4.79 Å². The second-order valence-electron chi connectivity index (χ2n) is 6.04. The van der Waals surface area contributed by atoms with Crippen LogP contribution in [-0.2, 0) is 0 Å². The zero-order chi connectivity index (χ0) is 15.6. The molecule has 0 saturated carbocycles. The quantitative estimate of drug-likeness (QED) is 0.826. The Labute approximate surface area is 126 Å². The van der Waals surface area contributed by atoms with E-state index in [2.05, 4.69) is 45.9 Å². The van der Waals surface area contributed by atoms with E-state index in [4.69, 9.17) is 5.11 Å². The summed E-state index contributed by atoms with van der Waals surface area (Å²) in [6.45, 7) is 8.71. The second-order valence-corrected chi connectivity index (χ2v) is 6.04. The molecule has 0 amide bonds. The molecular weight excluding hydrogens is 260 g/mol. The minimum absolute atomic E-state index is 0.329. The smallest absolute Gasteiger partial charge is 0.335 e. The van der Waals surface area contributed by atoms with E-state index in [1.807, 2.05) is 6.07 Å². The summed E-state index contributed by atoms with van der Waals surface area (Å²) in [6, 6.07) is 13.7. The van der Waals surface area contributed by atoms with Crippen LogP contribution in [0.2, 0.25) is 0 Å². The van der Waals surface area contributed by atoms with Gasteiger partial charge in [-0.1, -0.05) is 58.0 Å². The Morgan fingerprint density at radius 1 is 0.952 bits per heavy atom. The van der Waals surface area contributed by atoms with Gasteiger partial charge in [0.2, 0.25) is 0 Å². The van der Waals surface area contributed by atoms with Crippen LogP contribution in [0.25, 0.3) is 11.1 Å². The van der Waals surface area contributed by atoms with Crippen molar-refractivity contribution in [2.45, 2.75) is 39.5 Å². The van der Waals surface area contributed by atoms with Gasteiger partial charge in [-0.05, 0) is 46.2 Å². The summed E-state index contributed by atoms with van der Waals surface area (Å²) in [7, 11) is 0. The van der Waals surface area contributed by atoms with E-state index in [1.165, 1.54) is 11.1 Å². The van der Waals surface area contributed by atoms with Crippen molar-refractivity contribution in [3.63, 3.8) is 0 Å². The number of carboxylic acid groups (broad SMARTS) is 1. The van der Waals surface area contributed by atoms with E-state index < -0.39 is 5.97 Å². The van der Waals surface area contributed by atoms with Crippen LogP contribution in [0.5, 0.6) is 0 Å². The normalized spacial score (nSPS) is 11.1. The number of hydrogen-bond acceptors (Lipinski definition) is 1. The minimum atomic E-state index is -0.887. The third-order valence-corrected chi connectivity index (χ3v) is 3.78. The van der Waals surface area contributed by atoms with Gasteiger partial charge in [0.25, 0.3) is 0 Å². The van der Waals surface area contributed by atoms with Crippen molar-refractivity contribution >= 4 is 5.97 Å². The van der Waals surface area contributed by atoms with Gasteiger partial charge in [0.05, 0.1) is 5.56 Å². The molecule has 0 atom stereocenters. The molecular formula is C19H22O2. The summed E-state index contributed by atoms with van der Waals surface area (Å²) >= 11 is 0. The molecule has 2 aromatic rings. The molecule has 0 aliphatic carbocycles. The number of carbonyl (C=O) groups is 1. The molecule has 0 heterocycles. The maximum absolute atomic E-state index is 11.1. The van der Waals surface area contributed by atoms with Crippen molar-refractivity contribution in [1.82, 2.24) is 0 Å². The first kappa shape index (κ1) is 15.3. The maximum Gasteiger partial charge on any atom is 0.335 e. The van der Waals surface area contributed by atoms with Crippen LogP contribution in [-0.4, -0.2) is 11.1 Å². The average Bonchev–Trinajstić information content (AvgIpc) is 2.46. The summed E-state index contributed by atoms with van der Waals surface area (Å²) in [6.07, 6.45) is 0. The summed E-state index contributed by atoms with van der Waals surface area (Å²) in [4.78, 5) is 11.1. The lowest BCUT2D eigenvalue weighted by Crippen LogP contribution is -1.99. The van der Waals surface area contributed by atoms with Gasteiger partial charge in [-0.3, -0.25) is 0 Å². The van der Waals surface area contributed by atoms with Crippen molar-refractivity contribution < 1.29 is 9.90 Å². The Hall–Kier alpha value is -2.09. The summed E-state index contributed by atoms with van der Waals surface area (Å²) < 4.78 is 0. The minimum Gasteiger partial charge on any atom is -0.478 e. The Bertz CT molecular complexity index is 654. The Balaban J connectivity index is 2.57. The summed E-state index contributed by atoms with van der Waals surface area (Å²) in [5.74, 6) is -0.00386. The van der Waals surface area contributed by atoms with Crippen molar-refractivity contribution in [3.05, 3.63) is 59.2 Å². The molecule has 0 aliphatic rings. The monoisotopic (exact) mass is 282 g/mol. The first-order chi connectivity index (χ1) is 9.90. The molecule has 1 N–H and O–H groups in total. The lowest BCUT2D eigenvalue weighted by molar-refractivity contribution is 0.0697. The number of aromatic carboxylic acids is 1. The lowest BCUT2D eigenvalue weighted by atomic mass is 9.88. The standard InChI is InChI=1S/C19H22O2/c1-12(2)14-8-9-17(18(11-14)13(3)4)15-6-5-7-16(10-15)19(20)21/h5-13H,1-4H3,(H,20,21). The van der Waals surface area contributed by atoms with Gasteiger partial charge in [-0.25, -0.2) is 4.79 Å². The second kappa shape index (κ2) is 6.13.